The molecule has 0 fully saturated rings. The van der Waals surface area contributed by atoms with Crippen molar-refractivity contribution in [2.45, 2.75) is 38.8 Å². The van der Waals surface area contributed by atoms with E-state index in [1.807, 2.05) is 32.0 Å². The number of methoxy groups -OCH3 is 1. The van der Waals surface area contributed by atoms with Crippen LogP contribution in [0.1, 0.15) is 30.0 Å². The van der Waals surface area contributed by atoms with Crippen molar-refractivity contribution in [3.63, 3.8) is 0 Å². The summed E-state index contributed by atoms with van der Waals surface area (Å²) < 4.78 is 11.5. The van der Waals surface area contributed by atoms with Crippen LogP contribution in [0.3, 0.4) is 0 Å². The molecule has 0 radical (unpaired) electrons. The van der Waals surface area contributed by atoms with E-state index in [4.69, 9.17) is 37.7 Å². The first-order valence-corrected chi connectivity index (χ1v) is 11.0. The van der Waals surface area contributed by atoms with Gasteiger partial charge in [0.05, 0.1) is 29.8 Å². The number of alkyl halides is 1. The van der Waals surface area contributed by atoms with Crippen LogP contribution in [0.5, 0.6) is 11.5 Å². The molecule has 4 nitrogen and oxygen atoms in total. The van der Waals surface area contributed by atoms with E-state index < -0.39 is 0 Å². The molecule has 1 aliphatic heterocycles. The molecule has 7 heteroatoms. The Morgan fingerprint density at radius 2 is 2.11 bits per heavy atom. The quantitative estimate of drug-likeness (QED) is 0.513. The summed E-state index contributed by atoms with van der Waals surface area (Å²) in [7, 11) is 1.65. The van der Waals surface area contributed by atoms with E-state index in [0.29, 0.717) is 16.5 Å². The third-order valence-corrected chi connectivity index (χ3v) is 6.60. The summed E-state index contributed by atoms with van der Waals surface area (Å²) in [6, 6.07) is 5.96. The molecule has 0 amide bonds. The third kappa shape index (κ3) is 3.45. The lowest BCUT2D eigenvalue weighted by Crippen LogP contribution is -2.22. The highest BCUT2D eigenvalue weighted by Crippen LogP contribution is 2.45. The molecule has 0 bridgehead atoms. The van der Waals surface area contributed by atoms with E-state index in [1.165, 1.54) is 10.4 Å². The SMILES string of the molecule is COc1cc(-c2c(Cl)c(CCl)nc3sc4c(c23)CCNC4)ccc1OC(C)C. The fourth-order valence-corrected chi connectivity index (χ4v) is 5.41. The van der Waals surface area contributed by atoms with E-state index in [2.05, 4.69) is 5.32 Å². The summed E-state index contributed by atoms with van der Waals surface area (Å²) in [6.07, 6.45) is 1.03. The first-order valence-electron chi connectivity index (χ1n) is 9.27. The first kappa shape index (κ1) is 19.8. The van der Waals surface area contributed by atoms with Crippen molar-refractivity contribution in [1.29, 1.82) is 0 Å². The second-order valence-corrected chi connectivity index (χ2v) is 8.75. The standard InChI is InChI=1S/C21H22Cl2N2O2S/c1-11(2)27-15-5-4-12(8-16(15)26-3)18-19-13-6-7-24-10-17(13)28-21(19)25-14(9-22)20(18)23/h4-5,8,11,24H,6-7,9-10H2,1-3H3. The number of hydrogen-bond acceptors (Lipinski definition) is 5. The number of nitrogens with zero attached hydrogens (tertiary/aromatic N) is 1. The Morgan fingerprint density at radius 1 is 1.29 bits per heavy atom. The number of benzene rings is 1. The minimum Gasteiger partial charge on any atom is -0.493 e. The van der Waals surface area contributed by atoms with E-state index >= 15 is 0 Å². The van der Waals surface area contributed by atoms with E-state index in [9.17, 15) is 0 Å². The van der Waals surface area contributed by atoms with Crippen molar-refractivity contribution >= 4 is 44.8 Å². The van der Waals surface area contributed by atoms with Crippen LogP contribution in [0, 0.1) is 0 Å². The summed E-state index contributed by atoms with van der Waals surface area (Å²) in [6.45, 7) is 5.82. The summed E-state index contributed by atoms with van der Waals surface area (Å²) in [5, 5.41) is 5.19. The van der Waals surface area contributed by atoms with Crippen LogP contribution in [0.2, 0.25) is 5.02 Å². The monoisotopic (exact) mass is 436 g/mol. The topological polar surface area (TPSA) is 43.4 Å². The van der Waals surface area contributed by atoms with Crippen molar-refractivity contribution in [1.82, 2.24) is 10.3 Å². The van der Waals surface area contributed by atoms with Crippen LogP contribution in [0.15, 0.2) is 18.2 Å². The lowest BCUT2D eigenvalue weighted by atomic mass is 9.96. The Bertz CT molecular complexity index is 1030. The van der Waals surface area contributed by atoms with Gasteiger partial charge in [0.1, 0.15) is 4.83 Å². The summed E-state index contributed by atoms with van der Waals surface area (Å²) in [5.41, 5.74) is 4.01. The van der Waals surface area contributed by atoms with Gasteiger partial charge in [0, 0.05) is 22.4 Å². The lowest BCUT2D eigenvalue weighted by molar-refractivity contribution is 0.230. The predicted molar refractivity (Wildman–Crippen MR) is 117 cm³/mol. The highest BCUT2D eigenvalue weighted by Gasteiger charge is 2.24. The average molecular weight is 437 g/mol. The zero-order valence-corrected chi connectivity index (χ0v) is 18.4. The number of fused-ring (bicyclic) bond motifs is 3. The van der Waals surface area contributed by atoms with Crippen LogP contribution in [0.4, 0.5) is 0 Å². The number of nitrogens with one attached hydrogen (secondary N) is 1. The van der Waals surface area contributed by atoms with Crippen molar-refractivity contribution in [2.24, 2.45) is 0 Å². The Hall–Kier alpha value is -1.53. The Kier molecular flexibility index (Phi) is 5.70. The molecule has 4 rings (SSSR count). The summed E-state index contributed by atoms with van der Waals surface area (Å²) >= 11 is 14.7. The number of halogens is 2. The first-order chi connectivity index (χ1) is 13.5. The van der Waals surface area contributed by atoms with Gasteiger partial charge in [-0.2, -0.15) is 0 Å². The van der Waals surface area contributed by atoms with E-state index in [-0.39, 0.29) is 12.0 Å². The van der Waals surface area contributed by atoms with Crippen molar-refractivity contribution < 1.29 is 9.47 Å². The molecule has 3 aromatic rings. The number of thiophene rings is 1. The normalized spacial score (nSPS) is 13.8. The van der Waals surface area contributed by atoms with Crippen LogP contribution < -0.4 is 14.8 Å². The molecule has 0 saturated carbocycles. The molecule has 0 spiro atoms. The Morgan fingerprint density at radius 3 is 2.82 bits per heavy atom. The van der Waals surface area contributed by atoms with Gasteiger partial charge >= 0.3 is 0 Å². The summed E-state index contributed by atoms with van der Waals surface area (Å²) in [4.78, 5) is 7.07. The smallest absolute Gasteiger partial charge is 0.161 e. The molecule has 2 aromatic heterocycles. The predicted octanol–water partition coefficient (Wildman–Crippen LogP) is 5.80. The molecular weight excluding hydrogens is 415 g/mol. The highest BCUT2D eigenvalue weighted by atomic mass is 35.5. The molecule has 0 unspecified atom stereocenters. The second-order valence-electron chi connectivity index (χ2n) is 7.02. The van der Waals surface area contributed by atoms with Gasteiger partial charge in [-0.05, 0) is 50.1 Å². The molecule has 0 atom stereocenters. The van der Waals surface area contributed by atoms with Crippen LogP contribution in [-0.4, -0.2) is 24.7 Å². The van der Waals surface area contributed by atoms with Gasteiger partial charge in [-0.3, -0.25) is 0 Å². The van der Waals surface area contributed by atoms with Crippen molar-refractivity contribution in [2.75, 3.05) is 13.7 Å². The highest BCUT2D eigenvalue weighted by molar-refractivity contribution is 7.19. The zero-order valence-electron chi connectivity index (χ0n) is 16.1. The van der Waals surface area contributed by atoms with Crippen molar-refractivity contribution in [3.05, 3.63) is 39.4 Å². The van der Waals surface area contributed by atoms with Crippen LogP contribution in [-0.2, 0) is 18.8 Å². The van der Waals surface area contributed by atoms with E-state index in [1.54, 1.807) is 18.4 Å². The molecule has 0 aliphatic carbocycles. The number of pyridine rings is 1. The molecule has 3 heterocycles. The van der Waals surface area contributed by atoms with Gasteiger partial charge in [-0.25, -0.2) is 4.98 Å². The Balaban J connectivity index is 1.97. The number of rotatable bonds is 5. The molecule has 1 aromatic carbocycles. The Labute approximate surface area is 178 Å². The van der Waals surface area contributed by atoms with Crippen LogP contribution in [0.25, 0.3) is 21.3 Å². The molecule has 1 aliphatic rings. The lowest BCUT2D eigenvalue weighted by Gasteiger charge is -2.17. The molecular formula is C21H22Cl2N2O2S. The molecule has 148 valence electrons. The third-order valence-electron chi connectivity index (χ3n) is 4.81. The summed E-state index contributed by atoms with van der Waals surface area (Å²) in [5.74, 6) is 1.68. The molecule has 1 N–H and O–H groups in total. The maximum Gasteiger partial charge on any atom is 0.161 e. The fraction of sp³-hybridized carbons (Fsp3) is 0.381. The average Bonchev–Trinajstić information content (AvgIpc) is 3.05. The number of ether oxygens (including phenoxy) is 2. The fourth-order valence-electron chi connectivity index (χ4n) is 3.62. The second kappa shape index (κ2) is 8.07. The minimum absolute atomic E-state index is 0.0650. The maximum absolute atomic E-state index is 6.81. The van der Waals surface area contributed by atoms with Gasteiger partial charge < -0.3 is 14.8 Å². The van der Waals surface area contributed by atoms with Crippen LogP contribution >= 0.6 is 34.5 Å². The van der Waals surface area contributed by atoms with Gasteiger partial charge in [0.15, 0.2) is 11.5 Å². The zero-order chi connectivity index (χ0) is 19.8. The van der Waals surface area contributed by atoms with Gasteiger partial charge in [-0.1, -0.05) is 17.7 Å². The number of aromatic nitrogens is 1. The van der Waals surface area contributed by atoms with Gasteiger partial charge in [-0.15, -0.1) is 22.9 Å². The van der Waals surface area contributed by atoms with Gasteiger partial charge in [0.25, 0.3) is 0 Å². The van der Waals surface area contributed by atoms with E-state index in [0.717, 1.165) is 46.6 Å². The van der Waals surface area contributed by atoms with Gasteiger partial charge in [0.2, 0.25) is 0 Å². The molecule has 28 heavy (non-hydrogen) atoms. The maximum atomic E-state index is 6.81. The largest absolute Gasteiger partial charge is 0.493 e. The molecule has 0 saturated heterocycles. The number of hydrogen-bond donors (Lipinski definition) is 1. The van der Waals surface area contributed by atoms with Crippen molar-refractivity contribution in [3.8, 4) is 22.6 Å². The minimum atomic E-state index is 0.0650.